The highest BCUT2D eigenvalue weighted by molar-refractivity contribution is 8.00. The SMILES string of the molecule is CC(C#N)Sc1nc2cc(F)c(F)cc2[nH]1. The molecule has 0 aliphatic carbocycles. The van der Waals surface area contributed by atoms with Gasteiger partial charge in [0.05, 0.1) is 22.4 Å². The molecule has 0 fully saturated rings. The van der Waals surface area contributed by atoms with Crippen LogP contribution >= 0.6 is 11.8 Å². The minimum Gasteiger partial charge on any atom is -0.333 e. The van der Waals surface area contributed by atoms with Crippen LogP contribution in [0.4, 0.5) is 8.78 Å². The number of benzene rings is 1. The first-order valence-electron chi connectivity index (χ1n) is 4.51. The molecule has 6 heteroatoms. The molecule has 0 aliphatic rings. The number of nitriles is 1. The van der Waals surface area contributed by atoms with E-state index in [1.165, 1.54) is 11.8 Å². The van der Waals surface area contributed by atoms with Crippen molar-refractivity contribution in [2.45, 2.75) is 17.3 Å². The van der Waals surface area contributed by atoms with E-state index in [1.54, 1.807) is 6.92 Å². The summed E-state index contributed by atoms with van der Waals surface area (Å²) >= 11 is 1.21. The van der Waals surface area contributed by atoms with E-state index in [2.05, 4.69) is 9.97 Å². The second-order valence-electron chi connectivity index (χ2n) is 3.21. The highest BCUT2D eigenvalue weighted by atomic mass is 32.2. The van der Waals surface area contributed by atoms with Gasteiger partial charge in [-0.3, -0.25) is 0 Å². The lowest BCUT2D eigenvalue weighted by molar-refractivity contribution is 0.510. The Kier molecular flexibility index (Phi) is 2.79. The van der Waals surface area contributed by atoms with E-state index in [0.29, 0.717) is 16.2 Å². The molecule has 1 atom stereocenters. The zero-order valence-corrected chi connectivity index (χ0v) is 9.11. The molecule has 0 amide bonds. The number of fused-ring (bicyclic) bond motifs is 1. The minimum atomic E-state index is -0.927. The van der Waals surface area contributed by atoms with Gasteiger partial charge < -0.3 is 4.98 Å². The number of imidazole rings is 1. The molecule has 1 heterocycles. The van der Waals surface area contributed by atoms with Gasteiger partial charge in [0.2, 0.25) is 0 Å². The molecule has 2 aromatic rings. The fraction of sp³-hybridized carbons (Fsp3) is 0.200. The number of hydrogen-bond acceptors (Lipinski definition) is 3. The van der Waals surface area contributed by atoms with Crippen molar-refractivity contribution in [3.63, 3.8) is 0 Å². The van der Waals surface area contributed by atoms with Crippen LogP contribution in [0.25, 0.3) is 11.0 Å². The van der Waals surface area contributed by atoms with Crippen molar-refractivity contribution in [2.75, 3.05) is 0 Å². The monoisotopic (exact) mass is 239 g/mol. The number of H-pyrrole nitrogens is 1. The predicted octanol–water partition coefficient (Wildman–Crippen LogP) is 2.85. The van der Waals surface area contributed by atoms with Gasteiger partial charge in [-0.25, -0.2) is 13.8 Å². The summed E-state index contributed by atoms with van der Waals surface area (Å²) in [6.07, 6.45) is 0. The van der Waals surface area contributed by atoms with Gasteiger partial charge in [-0.15, -0.1) is 0 Å². The van der Waals surface area contributed by atoms with Gasteiger partial charge in [-0.2, -0.15) is 5.26 Å². The maximum Gasteiger partial charge on any atom is 0.167 e. The topological polar surface area (TPSA) is 52.5 Å². The Balaban J connectivity index is 2.41. The molecule has 0 saturated carbocycles. The molecule has 1 unspecified atom stereocenters. The Morgan fingerprint density at radius 2 is 2.12 bits per heavy atom. The van der Waals surface area contributed by atoms with E-state index in [4.69, 9.17) is 5.26 Å². The molecule has 1 aromatic heterocycles. The lowest BCUT2D eigenvalue weighted by Crippen LogP contribution is -1.89. The number of nitrogens with one attached hydrogen (secondary N) is 1. The van der Waals surface area contributed by atoms with Crippen molar-refractivity contribution >= 4 is 22.8 Å². The molecular formula is C10H7F2N3S. The Bertz CT molecular complexity index is 534. The van der Waals surface area contributed by atoms with Crippen molar-refractivity contribution in [1.82, 2.24) is 9.97 Å². The van der Waals surface area contributed by atoms with Crippen molar-refractivity contribution < 1.29 is 8.78 Å². The average Bonchev–Trinajstić information content (AvgIpc) is 2.60. The number of aromatic nitrogens is 2. The quantitative estimate of drug-likeness (QED) is 0.820. The summed E-state index contributed by atoms with van der Waals surface area (Å²) in [6, 6.07) is 4.12. The lowest BCUT2D eigenvalue weighted by Gasteiger charge is -1.95. The van der Waals surface area contributed by atoms with E-state index in [1.807, 2.05) is 6.07 Å². The van der Waals surface area contributed by atoms with Gasteiger partial charge >= 0.3 is 0 Å². The standard InChI is InChI=1S/C10H7F2N3S/c1-5(4-13)16-10-14-8-2-6(11)7(12)3-9(8)15-10/h2-3,5H,1H3,(H,14,15). The molecule has 0 bridgehead atoms. The molecule has 3 nitrogen and oxygen atoms in total. The van der Waals surface area contributed by atoms with Crippen LogP contribution in [0.3, 0.4) is 0 Å². The summed E-state index contributed by atoms with van der Waals surface area (Å²) in [7, 11) is 0. The fourth-order valence-corrected chi connectivity index (χ4v) is 1.94. The molecule has 16 heavy (non-hydrogen) atoms. The summed E-state index contributed by atoms with van der Waals surface area (Å²) in [4.78, 5) is 6.88. The summed E-state index contributed by atoms with van der Waals surface area (Å²) in [5, 5.41) is 8.84. The molecule has 0 spiro atoms. The summed E-state index contributed by atoms with van der Waals surface area (Å²) in [6.45, 7) is 1.72. The smallest absolute Gasteiger partial charge is 0.167 e. The maximum absolute atomic E-state index is 12.9. The van der Waals surface area contributed by atoms with Crippen LogP contribution in [0.2, 0.25) is 0 Å². The molecule has 0 saturated heterocycles. The van der Waals surface area contributed by atoms with E-state index >= 15 is 0 Å². The van der Waals surface area contributed by atoms with E-state index < -0.39 is 11.6 Å². The number of aromatic amines is 1. The van der Waals surface area contributed by atoms with Gasteiger partial charge in [0.25, 0.3) is 0 Å². The average molecular weight is 239 g/mol. The fourth-order valence-electron chi connectivity index (χ4n) is 1.23. The Morgan fingerprint density at radius 1 is 1.44 bits per heavy atom. The number of hydrogen-bond donors (Lipinski definition) is 1. The first-order chi connectivity index (χ1) is 7.60. The van der Waals surface area contributed by atoms with Crippen molar-refractivity contribution in [1.29, 1.82) is 5.26 Å². The second-order valence-corrected chi connectivity index (χ2v) is 4.54. The molecular weight excluding hydrogens is 232 g/mol. The van der Waals surface area contributed by atoms with Gasteiger partial charge in [0, 0.05) is 12.1 Å². The molecule has 1 aromatic carbocycles. The Hall–Kier alpha value is -1.61. The summed E-state index contributed by atoms with van der Waals surface area (Å²) < 4.78 is 25.8. The van der Waals surface area contributed by atoms with E-state index in [-0.39, 0.29) is 5.25 Å². The first kappa shape index (κ1) is 10.9. The van der Waals surface area contributed by atoms with Gasteiger partial charge in [0.1, 0.15) is 0 Å². The van der Waals surface area contributed by atoms with Crippen molar-refractivity contribution in [3.8, 4) is 6.07 Å². The second kappa shape index (κ2) is 4.10. The molecule has 2 rings (SSSR count). The van der Waals surface area contributed by atoms with Gasteiger partial charge in [0.15, 0.2) is 16.8 Å². The zero-order valence-electron chi connectivity index (χ0n) is 8.29. The van der Waals surface area contributed by atoms with Crippen LogP contribution in [0.15, 0.2) is 17.3 Å². The number of rotatable bonds is 2. The van der Waals surface area contributed by atoms with Crippen LogP contribution in [-0.4, -0.2) is 15.2 Å². The van der Waals surface area contributed by atoms with Crippen LogP contribution < -0.4 is 0 Å². The first-order valence-corrected chi connectivity index (χ1v) is 5.39. The summed E-state index contributed by atoms with van der Waals surface area (Å²) in [5.41, 5.74) is 0.776. The lowest BCUT2D eigenvalue weighted by atomic mass is 10.3. The molecule has 82 valence electrons. The van der Waals surface area contributed by atoms with Crippen molar-refractivity contribution in [3.05, 3.63) is 23.8 Å². The van der Waals surface area contributed by atoms with E-state index in [0.717, 1.165) is 12.1 Å². The largest absolute Gasteiger partial charge is 0.333 e. The maximum atomic E-state index is 12.9. The Morgan fingerprint density at radius 3 is 2.81 bits per heavy atom. The van der Waals surface area contributed by atoms with Crippen molar-refractivity contribution in [2.24, 2.45) is 0 Å². The number of halogens is 2. The van der Waals surface area contributed by atoms with E-state index in [9.17, 15) is 8.78 Å². The number of thioether (sulfide) groups is 1. The van der Waals surface area contributed by atoms with Crippen LogP contribution in [0, 0.1) is 23.0 Å². The third-order valence-corrected chi connectivity index (χ3v) is 2.85. The highest BCUT2D eigenvalue weighted by Crippen LogP contribution is 2.24. The van der Waals surface area contributed by atoms with Crippen LogP contribution in [0.5, 0.6) is 0 Å². The third-order valence-electron chi connectivity index (χ3n) is 1.97. The molecule has 1 N–H and O–H groups in total. The normalized spacial score (nSPS) is 12.6. The van der Waals surface area contributed by atoms with Crippen LogP contribution in [0.1, 0.15) is 6.92 Å². The van der Waals surface area contributed by atoms with Gasteiger partial charge in [-0.1, -0.05) is 11.8 Å². The predicted molar refractivity (Wildman–Crippen MR) is 56.9 cm³/mol. The molecule has 0 radical (unpaired) electrons. The minimum absolute atomic E-state index is 0.268. The third kappa shape index (κ3) is 1.99. The summed E-state index contributed by atoms with van der Waals surface area (Å²) in [5.74, 6) is -1.84. The number of nitrogens with zero attached hydrogens (tertiary/aromatic N) is 2. The van der Waals surface area contributed by atoms with Crippen LogP contribution in [-0.2, 0) is 0 Å². The zero-order chi connectivity index (χ0) is 11.7. The highest BCUT2D eigenvalue weighted by Gasteiger charge is 2.10. The Labute approximate surface area is 94.5 Å². The molecule has 0 aliphatic heterocycles. The van der Waals surface area contributed by atoms with Gasteiger partial charge in [-0.05, 0) is 6.92 Å².